The summed E-state index contributed by atoms with van der Waals surface area (Å²) in [6.45, 7) is 2.50. The zero-order valence-corrected chi connectivity index (χ0v) is 12.2. The number of hydrogen-bond acceptors (Lipinski definition) is 4. The molecule has 0 amide bonds. The molecule has 0 aliphatic heterocycles. The zero-order valence-electron chi connectivity index (χ0n) is 11.4. The molecule has 1 unspecified atom stereocenters. The molecule has 1 atom stereocenters. The van der Waals surface area contributed by atoms with Gasteiger partial charge in [0.2, 0.25) is 10.0 Å². The Labute approximate surface area is 115 Å². The van der Waals surface area contributed by atoms with E-state index in [4.69, 9.17) is 0 Å². The summed E-state index contributed by atoms with van der Waals surface area (Å²) in [4.78, 5) is 0.227. The molecule has 0 aliphatic rings. The number of sulfonamides is 1. The van der Waals surface area contributed by atoms with Crippen LogP contribution < -0.4 is 10.0 Å². The number of nitrogens with one attached hydrogen (secondary N) is 2. The molecule has 0 aliphatic carbocycles. The second-order valence-corrected chi connectivity index (χ2v) is 6.27. The lowest BCUT2D eigenvalue weighted by atomic mass is 10.2. The third-order valence-corrected chi connectivity index (χ3v) is 4.39. The van der Waals surface area contributed by atoms with Crippen LogP contribution in [0.4, 0.5) is 0 Å². The number of benzene rings is 1. The van der Waals surface area contributed by atoms with Crippen molar-refractivity contribution in [2.24, 2.45) is 0 Å². The molecule has 6 heteroatoms. The average molecular weight is 286 g/mol. The first kappa shape index (κ1) is 16.1. The lowest BCUT2D eigenvalue weighted by molar-refractivity contribution is 0.248. The first-order valence-electron chi connectivity index (χ1n) is 6.34. The third-order valence-electron chi connectivity index (χ3n) is 2.85. The van der Waals surface area contributed by atoms with Crippen molar-refractivity contribution >= 4 is 10.0 Å². The molecule has 19 heavy (non-hydrogen) atoms. The van der Waals surface area contributed by atoms with Crippen molar-refractivity contribution in [2.75, 3.05) is 20.2 Å². The van der Waals surface area contributed by atoms with Crippen LogP contribution >= 0.6 is 0 Å². The maximum atomic E-state index is 12.1. The zero-order chi connectivity index (χ0) is 14.3. The van der Waals surface area contributed by atoms with Crippen LogP contribution in [0.25, 0.3) is 0 Å². The molecule has 1 aromatic rings. The highest BCUT2D eigenvalue weighted by molar-refractivity contribution is 7.89. The summed E-state index contributed by atoms with van der Waals surface area (Å²) in [7, 11) is -1.72. The van der Waals surface area contributed by atoms with Gasteiger partial charge in [0.25, 0.3) is 0 Å². The van der Waals surface area contributed by atoms with Gasteiger partial charge >= 0.3 is 0 Å². The van der Waals surface area contributed by atoms with Crippen LogP contribution in [0.1, 0.15) is 18.4 Å². The van der Waals surface area contributed by atoms with Gasteiger partial charge in [-0.3, -0.25) is 0 Å². The Morgan fingerprint density at radius 2 is 1.89 bits per heavy atom. The molecule has 0 aromatic heterocycles. The Balaban J connectivity index is 2.69. The topological polar surface area (TPSA) is 78.4 Å². The molecule has 1 aromatic carbocycles. The fourth-order valence-corrected chi connectivity index (χ4v) is 2.98. The summed E-state index contributed by atoms with van der Waals surface area (Å²) >= 11 is 0. The fraction of sp³-hybridized carbons (Fsp3) is 0.538. The van der Waals surface area contributed by atoms with Crippen LogP contribution in [0.2, 0.25) is 0 Å². The van der Waals surface area contributed by atoms with Crippen molar-refractivity contribution in [1.82, 2.24) is 10.0 Å². The Morgan fingerprint density at radius 3 is 2.42 bits per heavy atom. The van der Waals surface area contributed by atoms with Gasteiger partial charge in [-0.1, -0.05) is 17.7 Å². The van der Waals surface area contributed by atoms with Gasteiger partial charge in [-0.2, -0.15) is 0 Å². The van der Waals surface area contributed by atoms with Crippen LogP contribution in [-0.4, -0.2) is 39.8 Å². The summed E-state index contributed by atoms with van der Waals surface area (Å²) in [6, 6.07) is 6.20. The average Bonchev–Trinajstić information content (AvgIpc) is 2.38. The van der Waals surface area contributed by atoms with Gasteiger partial charge in [0.15, 0.2) is 0 Å². The largest absolute Gasteiger partial charge is 0.395 e. The molecule has 0 bridgehead atoms. The van der Waals surface area contributed by atoms with E-state index in [2.05, 4.69) is 10.0 Å². The molecular formula is C13H22N2O3S. The summed E-state index contributed by atoms with van der Waals surface area (Å²) < 4.78 is 26.7. The van der Waals surface area contributed by atoms with Gasteiger partial charge in [0, 0.05) is 6.04 Å². The molecule has 0 heterocycles. The normalized spacial score (nSPS) is 13.4. The summed E-state index contributed by atoms with van der Waals surface area (Å²) in [6.07, 6.45) is 1.40. The van der Waals surface area contributed by atoms with Gasteiger partial charge in [-0.05, 0) is 45.5 Å². The quantitative estimate of drug-likeness (QED) is 0.613. The molecular weight excluding hydrogens is 264 g/mol. The first-order chi connectivity index (χ1) is 8.99. The molecule has 0 fully saturated rings. The van der Waals surface area contributed by atoms with Crippen LogP contribution in [-0.2, 0) is 10.0 Å². The van der Waals surface area contributed by atoms with E-state index in [-0.39, 0.29) is 11.5 Å². The predicted octanol–water partition coefficient (Wildman–Crippen LogP) is 0.634. The first-order valence-corrected chi connectivity index (χ1v) is 7.82. The van der Waals surface area contributed by atoms with Crippen LogP contribution in [0.15, 0.2) is 29.2 Å². The minimum Gasteiger partial charge on any atom is -0.395 e. The monoisotopic (exact) mass is 286 g/mol. The van der Waals surface area contributed by atoms with Crippen LogP contribution in [0.5, 0.6) is 0 Å². The van der Waals surface area contributed by atoms with Gasteiger partial charge in [0.05, 0.1) is 11.5 Å². The number of hydrogen-bond donors (Lipinski definition) is 3. The van der Waals surface area contributed by atoms with Gasteiger partial charge in [0.1, 0.15) is 0 Å². The summed E-state index contributed by atoms with van der Waals surface area (Å²) in [5.41, 5.74) is 1.01. The number of aliphatic hydroxyl groups is 1. The Kier molecular flexibility index (Phi) is 6.44. The number of aliphatic hydroxyl groups excluding tert-OH is 1. The van der Waals surface area contributed by atoms with E-state index in [0.29, 0.717) is 6.42 Å². The van der Waals surface area contributed by atoms with Crippen molar-refractivity contribution in [3.05, 3.63) is 29.8 Å². The lowest BCUT2D eigenvalue weighted by Gasteiger charge is -2.16. The van der Waals surface area contributed by atoms with Gasteiger partial charge < -0.3 is 10.4 Å². The van der Waals surface area contributed by atoms with E-state index < -0.39 is 16.1 Å². The van der Waals surface area contributed by atoms with Gasteiger partial charge in [-0.15, -0.1) is 0 Å². The number of rotatable bonds is 8. The predicted molar refractivity (Wildman–Crippen MR) is 75.5 cm³/mol. The second kappa shape index (κ2) is 7.59. The maximum absolute atomic E-state index is 12.1. The highest BCUT2D eigenvalue weighted by Gasteiger charge is 2.19. The molecule has 0 saturated carbocycles. The fourth-order valence-electron chi connectivity index (χ4n) is 1.72. The van der Waals surface area contributed by atoms with E-state index in [9.17, 15) is 13.5 Å². The van der Waals surface area contributed by atoms with Crippen LogP contribution in [0.3, 0.4) is 0 Å². The lowest BCUT2D eigenvalue weighted by Crippen LogP contribution is -2.37. The van der Waals surface area contributed by atoms with E-state index in [0.717, 1.165) is 18.5 Å². The second-order valence-electron chi connectivity index (χ2n) is 4.56. The molecule has 1 rings (SSSR count). The Bertz CT molecular complexity index is 471. The Hall–Kier alpha value is -0.950. The summed E-state index contributed by atoms with van der Waals surface area (Å²) in [5, 5.41) is 12.2. The van der Waals surface area contributed by atoms with E-state index in [1.807, 2.05) is 14.0 Å². The summed E-state index contributed by atoms with van der Waals surface area (Å²) in [5.74, 6) is 0. The van der Waals surface area contributed by atoms with E-state index in [1.54, 1.807) is 24.3 Å². The van der Waals surface area contributed by atoms with Crippen LogP contribution in [0, 0.1) is 6.92 Å². The van der Waals surface area contributed by atoms with Crippen molar-refractivity contribution in [3.8, 4) is 0 Å². The Morgan fingerprint density at radius 1 is 1.26 bits per heavy atom. The standard InChI is InChI=1S/C13H22N2O3S/c1-11-5-7-13(8-6-11)19(17,18)15-12(10-16)4-3-9-14-2/h5-8,12,14-16H,3-4,9-10H2,1-2H3. The maximum Gasteiger partial charge on any atom is 0.240 e. The van der Waals surface area contributed by atoms with E-state index >= 15 is 0 Å². The van der Waals surface area contributed by atoms with Crippen molar-refractivity contribution in [3.63, 3.8) is 0 Å². The molecule has 3 N–H and O–H groups in total. The molecule has 0 spiro atoms. The van der Waals surface area contributed by atoms with Crippen molar-refractivity contribution in [1.29, 1.82) is 0 Å². The minimum atomic E-state index is -3.56. The van der Waals surface area contributed by atoms with E-state index in [1.165, 1.54) is 0 Å². The molecule has 5 nitrogen and oxygen atoms in total. The third kappa shape index (κ3) is 5.28. The highest BCUT2D eigenvalue weighted by Crippen LogP contribution is 2.11. The smallest absolute Gasteiger partial charge is 0.240 e. The van der Waals surface area contributed by atoms with Crippen molar-refractivity contribution < 1.29 is 13.5 Å². The molecule has 0 radical (unpaired) electrons. The SMILES string of the molecule is CNCCCC(CO)NS(=O)(=O)c1ccc(C)cc1. The minimum absolute atomic E-state index is 0.200. The number of aryl methyl sites for hydroxylation is 1. The van der Waals surface area contributed by atoms with Crippen molar-refractivity contribution in [2.45, 2.75) is 30.7 Å². The molecule has 0 saturated heterocycles. The molecule has 108 valence electrons. The highest BCUT2D eigenvalue weighted by atomic mass is 32.2. The van der Waals surface area contributed by atoms with Gasteiger partial charge in [-0.25, -0.2) is 13.1 Å².